The number of aliphatic hydroxyl groups excluding tert-OH is 15. The van der Waals surface area contributed by atoms with E-state index in [1.54, 1.807) is 0 Å². The van der Waals surface area contributed by atoms with E-state index in [1.165, 1.54) is 13.8 Å². The molecular formula is C59H96O26. The van der Waals surface area contributed by atoms with E-state index in [2.05, 4.69) is 40.7 Å². The molecule has 26 heteroatoms. The van der Waals surface area contributed by atoms with Crippen LogP contribution >= 0.6 is 0 Å². The van der Waals surface area contributed by atoms with Gasteiger partial charge in [-0.05, 0) is 117 Å². The summed E-state index contributed by atoms with van der Waals surface area (Å²) in [6, 6.07) is 0. The van der Waals surface area contributed by atoms with Gasteiger partial charge in [-0.2, -0.15) is 0 Å². The monoisotopic (exact) mass is 1220 g/mol. The van der Waals surface area contributed by atoms with Gasteiger partial charge in [0.15, 0.2) is 25.2 Å². The Bertz CT molecular complexity index is 2370. The minimum Gasteiger partial charge on any atom is -0.432 e. The van der Waals surface area contributed by atoms with Crippen molar-refractivity contribution in [2.45, 2.75) is 273 Å². The molecular weight excluding hydrogens is 1120 g/mol. The molecule has 5 aliphatic heterocycles. The van der Waals surface area contributed by atoms with Gasteiger partial charge in [-0.25, -0.2) is 0 Å². The van der Waals surface area contributed by atoms with Crippen LogP contribution in [0.1, 0.15) is 120 Å². The summed E-state index contributed by atoms with van der Waals surface area (Å²) >= 11 is 0. The summed E-state index contributed by atoms with van der Waals surface area (Å²) < 4.78 is 58.9. The van der Waals surface area contributed by atoms with Gasteiger partial charge < -0.3 is 124 Å². The smallest absolute Gasteiger partial charge is 0.318 e. The van der Waals surface area contributed by atoms with Crippen molar-refractivity contribution >= 4 is 5.97 Å². The first-order valence-corrected chi connectivity index (χ1v) is 30.7. The highest BCUT2D eigenvalue weighted by atomic mass is 16.8. The van der Waals surface area contributed by atoms with Crippen molar-refractivity contribution in [3.63, 3.8) is 0 Å². The highest BCUT2D eigenvalue weighted by molar-refractivity contribution is 5.82. The maximum Gasteiger partial charge on any atom is 0.318 e. The zero-order valence-corrected chi connectivity index (χ0v) is 49.8. The molecule has 0 aromatic heterocycles. The van der Waals surface area contributed by atoms with E-state index in [-0.39, 0.29) is 52.6 Å². The third-order valence-corrected chi connectivity index (χ3v) is 23.2. The van der Waals surface area contributed by atoms with Crippen LogP contribution in [0.4, 0.5) is 0 Å². The SMILES string of the molecule is C[C@@H]1O[C@@H](O[C@H]2[C@H](O)[C@@H](O)[C@H](OC[C@H]3O[C@@H](OC(=O)[C@]45CCC(C)(C)C=C4C4CCC6[C@@]7(C)CC[C@H](O[C@@H]8OC[C@H](O[C@@H]9O[C@@H](C)[C@H](O)[C@@H](O)[C@H]9O)[C@H](O)[C@H]8O)[C@@](C)(CO)C7CC[C@@]6(C)[C@]4(C)CC5)[C@H](O)[C@@H](O)[C@@H]3O)O[C@@H]2CO)[C@H](O)[C@H](O)[C@H]1O. The van der Waals surface area contributed by atoms with E-state index in [1.807, 2.05) is 6.92 Å². The van der Waals surface area contributed by atoms with Crippen LogP contribution in [-0.4, -0.2) is 263 Å². The molecule has 0 bridgehead atoms. The highest BCUT2D eigenvalue weighted by Crippen LogP contribution is 2.76. The first kappa shape index (κ1) is 66.2. The quantitative estimate of drug-likeness (QED) is 0.0513. The topological polar surface area (TPSA) is 413 Å². The Morgan fingerprint density at radius 3 is 1.74 bits per heavy atom. The Labute approximate surface area is 494 Å². The molecule has 0 aromatic carbocycles. The van der Waals surface area contributed by atoms with Crippen LogP contribution in [0.5, 0.6) is 0 Å². The molecule has 85 heavy (non-hydrogen) atoms. The zero-order chi connectivity index (χ0) is 62.0. The number of carbonyl (C=O) groups excluding carboxylic acids is 1. The lowest BCUT2D eigenvalue weighted by molar-refractivity contribution is -0.361. The Kier molecular flexibility index (Phi) is 19.0. The molecule has 3 unspecified atom stereocenters. The van der Waals surface area contributed by atoms with Gasteiger partial charge in [-0.1, -0.05) is 53.2 Å². The van der Waals surface area contributed by atoms with Gasteiger partial charge in [0.1, 0.15) is 104 Å². The first-order valence-electron chi connectivity index (χ1n) is 30.7. The highest BCUT2D eigenvalue weighted by Gasteiger charge is 2.71. The molecule has 9 fully saturated rings. The van der Waals surface area contributed by atoms with Gasteiger partial charge in [-0.3, -0.25) is 4.79 Å². The second-order valence-corrected chi connectivity index (χ2v) is 28.4. The fourth-order valence-corrected chi connectivity index (χ4v) is 17.6. The summed E-state index contributed by atoms with van der Waals surface area (Å²) in [5, 5.41) is 162. The molecule has 15 N–H and O–H groups in total. The van der Waals surface area contributed by atoms with Gasteiger partial charge in [-0.15, -0.1) is 0 Å². The minimum atomic E-state index is -1.90. The van der Waals surface area contributed by atoms with Crippen molar-refractivity contribution in [2.24, 2.45) is 50.2 Å². The number of esters is 1. The summed E-state index contributed by atoms with van der Waals surface area (Å²) in [7, 11) is 0. The predicted octanol–water partition coefficient (Wildman–Crippen LogP) is -2.54. The van der Waals surface area contributed by atoms with E-state index in [0.717, 1.165) is 37.7 Å². The van der Waals surface area contributed by atoms with Crippen LogP contribution in [0.15, 0.2) is 11.6 Å². The zero-order valence-electron chi connectivity index (χ0n) is 49.8. The summed E-state index contributed by atoms with van der Waals surface area (Å²) in [5.74, 6) is -0.549. The molecule has 10 aliphatic rings. The maximum absolute atomic E-state index is 15.2. The standard InChI is InChI=1S/C59H96O26/c1-24-34(62)38(66)43(71)50(78-24)81-30-22-77-49(42(70)37(30)65)83-33-12-13-55(5)31(56(33,6)23-61)11-14-58(8)32(55)10-9-26-27-19-54(3,4)15-17-59(27,18-16-57(26,58)7)53(75)85-52-45(73)40(68)36(64)29(82-52)21-76-48-46(74)41(69)47(28(20-60)80-48)84-51-44(72)39(67)35(63)25(2)79-51/h19,24-26,28-52,60-74H,9-18,20-23H2,1-8H3/t24-,25-,26?,28+,29+,30-,31?,32?,33-,34-,35-,36+,37-,38+,39+,40-,41+,42+,43+,44+,45+,46+,47+,48+,49-,50-,51-,52-,55-,56-,57+,58+,59-/m0/s1. The predicted molar refractivity (Wildman–Crippen MR) is 288 cm³/mol. The second-order valence-electron chi connectivity index (χ2n) is 28.4. The number of fused-ring (bicyclic) bond motifs is 7. The van der Waals surface area contributed by atoms with Gasteiger partial charge in [0, 0.05) is 5.41 Å². The molecule has 0 aromatic rings. The third kappa shape index (κ3) is 11.1. The maximum atomic E-state index is 15.2. The van der Waals surface area contributed by atoms with Crippen LogP contribution < -0.4 is 0 Å². The van der Waals surface area contributed by atoms with Crippen LogP contribution in [-0.2, 0) is 52.2 Å². The average molecular weight is 1220 g/mol. The number of hydrogen-bond donors (Lipinski definition) is 15. The number of carbonyl (C=O) groups is 1. The Hall–Kier alpha value is -1.75. The number of hydrogen-bond acceptors (Lipinski definition) is 26. The van der Waals surface area contributed by atoms with Crippen molar-refractivity contribution in [2.75, 3.05) is 26.4 Å². The van der Waals surface area contributed by atoms with Gasteiger partial charge >= 0.3 is 5.97 Å². The number of aliphatic hydroxyl groups is 15. The molecule has 488 valence electrons. The van der Waals surface area contributed by atoms with E-state index in [9.17, 15) is 76.6 Å². The molecule has 5 aliphatic carbocycles. The van der Waals surface area contributed by atoms with Crippen LogP contribution in [0.2, 0.25) is 0 Å². The fraction of sp³-hybridized carbons (Fsp3) is 0.949. The Morgan fingerprint density at radius 2 is 1.11 bits per heavy atom. The molecule has 10 rings (SSSR count). The lowest BCUT2D eigenvalue weighted by Gasteiger charge is -2.72. The van der Waals surface area contributed by atoms with E-state index in [0.29, 0.717) is 32.1 Å². The molecule has 0 radical (unpaired) electrons. The van der Waals surface area contributed by atoms with Gasteiger partial charge in [0.2, 0.25) is 6.29 Å². The molecule has 26 nitrogen and oxygen atoms in total. The van der Waals surface area contributed by atoms with Crippen molar-refractivity contribution in [1.82, 2.24) is 0 Å². The van der Waals surface area contributed by atoms with E-state index < -0.39 is 184 Å². The first-order chi connectivity index (χ1) is 39.8. The van der Waals surface area contributed by atoms with Gasteiger partial charge in [0.25, 0.3) is 0 Å². The summed E-state index contributed by atoms with van der Waals surface area (Å²) in [6.45, 7) is 14.4. The second kappa shape index (κ2) is 24.4. The average Bonchev–Trinajstić information content (AvgIpc) is 0.686. The van der Waals surface area contributed by atoms with Crippen molar-refractivity contribution in [3.8, 4) is 0 Å². The fourth-order valence-electron chi connectivity index (χ4n) is 17.6. The van der Waals surface area contributed by atoms with Gasteiger partial charge in [0.05, 0.1) is 50.2 Å². The normalized spacial score (nSPS) is 55.3. The molecule has 0 spiro atoms. The molecule has 33 atom stereocenters. The number of rotatable bonds is 13. The summed E-state index contributed by atoms with van der Waals surface area (Å²) in [6.07, 6.45) is -29.1. The van der Waals surface area contributed by atoms with Crippen LogP contribution in [0, 0.1) is 50.2 Å². The minimum absolute atomic E-state index is 0.0283. The Balaban J connectivity index is 0.800. The lowest BCUT2D eigenvalue weighted by Crippen LogP contribution is -2.68. The molecule has 5 heterocycles. The summed E-state index contributed by atoms with van der Waals surface area (Å²) in [4.78, 5) is 15.2. The number of ether oxygens (including phenoxy) is 10. The third-order valence-electron chi connectivity index (χ3n) is 23.2. The van der Waals surface area contributed by atoms with E-state index in [4.69, 9.17) is 47.4 Å². The van der Waals surface area contributed by atoms with Crippen LogP contribution in [0.3, 0.4) is 0 Å². The van der Waals surface area contributed by atoms with E-state index >= 15 is 4.79 Å². The molecule has 4 saturated carbocycles. The molecule has 5 saturated heterocycles. The van der Waals surface area contributed by atoms with Crippen molar-refractivity contribution < 1.29 is 129 Å². The van der Waals surface area contributed by atoms with Crippen molar-refractivity contribution in [1.29, 1.82) is 0 Å². The lowest BCUT2D eigenvalue weighted by atomic mass is 9.32. The largest absolute Gasteiger partial charge is 0.432 e. The van der Waals surface area contributed by atoms with Crippen molar-refractivity contribution in [3.05, 3.63) is 11.6 Å². The Morgan fingerprint density at radius 1 is 0.529 bits per heavy atom. The number of allylic oxidation sites excluding steroid dienone is 1. The molecule has 0 amide bonds. The van der Waals surface area contributed by atoms with Crippen LogP contribution in [0.25, 0.3) is 0 Å². The summed E-state index contributed by atoms with van der Waals surface area (Å²) in [5.41, 5.74) is -2.10.